The van der Waals surface area contributed by atoms with Crippen LogP contribution >= 0.6 is 0 Å². The number of hydrogen-bond acceptors (Lipinski definition) is 4. The number of nitrogens with one attached hydrogen (secondary N) is 1. The summed E-state index contributed by atoms with van der Waals surface area (Å²) in [5.74, 6) is 0.653. The molecule has 0 bridgehead atoms. The minimum absolute atomic E-state index is 0.180. The van der Waals surface area contributed by atoms with Crippen LogP contribution in [0.2, 0.25) is 0 Å². The highest BCUT2D eigenvalue weighted by Crippen LogP contribution is 2.16. The Hall–Kier alpha value is -2.37. The molecular weight excluding hydrogens is 232 g/mol. The largest absolute Gasteiger partial charge is 0.508 e. The molecule has 0 spiro atoms. The fraction of sp³-hybridized carbons (Fsp3) is 0.250. The summed E-state index contributed by atoms with van der Waals surface area (Å²) in [6.45, 7) is 2.06. The number of aromatic hydroxyl groups is 1. The molecule has 1 heterocycles. The van der Waals surface area contributed by atoms with Gasteiger partial charge in [-0.25, -0.2) is 0 Å². The number of phenols is 1. The molecule has 94 valence electrons. The lowest BCUT2D eigenvalue weighted by atomic mass is 10.1. The Morgan fingerprint density at radius 1 is 1.50 bits per heavy atom. The lowest BCUT2D eigenvalue weighted by molar-refractivity contribution is 0.0949. The first-order valence-electron chi connectivity index (χ1n) is 5.48. The second-order valence-electron chi connectivity index (χ2n) is 4.04. The third-order valence-corrected chi connectivity index (χ3v) is 2.67. The second-order valence-corrected chi connectivity index (χ2v) is 4.04. The van der Waals surface area contributed by atoms with Crippen molar-refractivity contribution in [2.45, 2.75) is 13.5 Å². The van der Waals surface area contributed by atoms with Crippen molar-refractivity contribution in [1.82, 2.24) is 20.1 Å². The molecule has 0 atom stereocenters. The van der Waals surface area contributed by atoms with Crippen molar-refractivity contribution in [3.63, 3.8) is 0 Å². The smallest absolute Gasteiger partial charge is 0.251 e. The van der Waals surface area contributed by atoms with Crippen molar-refractivity contribution >= 4 is 5.91 Å². The van der Waals surface area contributed by atoms with E-state index in [4.69, 9.17) is 0 Å². The van der Waals surface area contributed by atoms with Gasteiger partial charge in [0.1, 0.15) is 12.1 Å². The maximum absolute atomic E-state index is 11.9. The number of amides is 1. The third kappa shape index (κ3) is 2.48. The molecule has 2 rings (SSSR count). The van der Waals surface area contributed by atoms with E-state index in [0.717, 1.165) is 0 Å². The molecule has 0 fully saturated rings. The highest BCUT2D eigenvalue weighted by molar-refractivity contribution is 5.94. The van der Waals surface area contributed by atoms with E-state index in [9.17, 15) is 9.90 Å². The average molecular weight is 246 g/mol. The number of aryl methyl sites for hydroxylation is 2. The van der Waals surface area contributed by atoms with Crippen LogP contribution in [0.15, 0.2) is 24.5 Å². The minimum Gasteiger partial charge on any atom is -0.508 e. The number of benzene rings is 1. The van der Waals surface area contributed by atoms with Gasteiger partial charge in [-0.15, -0.1) is 10.2 Å². The molecule has 2 aromatic rings. The molecule has 2 N–H and O–H groups in total. The lowest BCUT2D eigenvalue weighted by Gasteiger charge is -2.06. The number of phenolic OH excluding ortho intramolecular Hbond substituents is 1. The zero-order chi connectivity index (χ0) is 13.1. The topological polar surface area (TPSA) is 80.0 Å². The van der Waals surface area contributed by atoms with Crippen molar-refractivity contribution in [3.05, 3.63) is 41.5 Å². The van der Waals surface area contributed by atoms with E-state index in [2.05, 4.69) is 15.5 Å². The first kappa shape index (κ1) is 12.1. The lowest BCUT2D eigenvalue weighted by Crippen LogP contribution is -2.24. The molecule has 1 aromatic carbocycles. The van der Waals surface area contributed by atoms with Crippen LogP contribution in [0.4, 0.5) is 0 Å². The molecule has 18 heavy (non-hydrogen) atoms. The summed E-state index contributed by atoms with van der Waals surface area (Å²) in [6, 6.07) is 4.72. The molecule has 0 aliphatic rings. The number of carbonyl (C=O) groups is 1. The summed E-state index contributed by atoms with van der Waals surface area (Å²) in [5.41, 5.74) is 1.17. The number of rotatable bonds is 3. The fourth-order valence-corrected chi connectivity index (χ4v) is 1.53. The molecule has 6 heteroatoms. The van der Waals surface area contributed by atoms with Crippen LogP contribution < -0.4 is 5.32 Å². The average Bonchev–Trinajstić information content (AvgIpc) is 2.75. The van der Waals surface area contributed by atoms with Crippen LogP contribution in [-0.2, 0) is 13.6 Å². The molecule has 0 unspecified atom stereocenters. The zero-order valence-electron chi connectivity index (χ0n) is 10.2. The van der Waals surface area contributed by atoms with Crippen LogP contribution in [0.3, 0.4) is 0 Å². The summed E-state index contributed by atoms with van der Waals surface area (Å²) in [6.07, 6.45) is 1.58. The van der Waals surface area contributed by atoms with Gasteiger partial charge in [-0.1, -0.05) is 0 Å². The Morgan fingerprint density at radius 3 is 2.89 bits per heavy atom. The highest BCUT2D eigenvalue weighted by Gasteiger charge is 2.08. The SMILES string of the molecule is Cc1cc(C(=O)NCc2nncn2C)ccc1O. The van der Waals surface area contributed by atoms with Crippen LogP contribution in [0.5, 0.6) is 5.75 Å². The first-order valence-corrected chi connectivity index (χ1v) is 5.48. The van der Waals surface area contributed by atoms with Crippen LogP contribution in [0.25, 0.3) is 0 Å². The summed E-state index contributed by atoms with van der Waals surface area (Å²) in [5, 5.41) is 19.7. The van der Waals surface area contributed by atoms with Crippen molar-refractivity contribution < 1.29 is 9.90 Å². The second kappa shape index (κ2) is 4.87. The molecule has 1 aromatic heterocycles. The van der Waals surface area contributed by atoms with Gasteiger partial charge in [-0.3, -0.25) is 4.79 Å². The van der Waals surface area contributed by atoms with Crippen LogP contribution in [0.1, 0.15) is 21.7 Å². The number of nitrogens with zero attached hydrogens (tertiary/aromatic N) is 3. The minimum atomic E-state index is -0.207. The Morgan fingerprint density at radius 2 is 2.28 bits per heavy atom. The fourth-order valence-electron chi connectivity index (χ4n) is 1.53. The normalized spacial score (nSPS) is 10.3. The zero-order valence-corrected chi connectivity index (χ0v) is 10.2. The van der Waals surface area contributed by atoms with Gasteiger partial charge >= 0.3 is 0 Å². The number of aromatic nitrogens is 3. The molecule has 1 amide bonds. The van der Waals surface area contributed by atoms with Gasteiger partial charge in [0.05, 0.1) is 6.54 Å². The van der Waals surface area contributed by atoms with E-state index < -0.39 is 0 Å². The summed E-state index contributed by atoms with van der Waals surface area (Å²) < 4.78 is 1.74. The van der Waals surface area contributed by atoms with E-state index >= 15 is 0 Å². The van der Waals surface area contributed by atoms with E-state index in [1.165, 1.54) is 6.07 Å². The predicted octanol–water partition coefficient (Wildman–Crippen LogP) is 0.759. The standard InChI is InChI=1S/C12H14N4O2/c1-8-5-9(3-4-10(8)17)12(18)13-6-11-15-14-7-16(11)2/h3-5,7,17H,6H2,1-2H3,(H,13,18). The maximum Gasteiger partial charge on any atom is 0.251 e. The molecule has 0 saturated carbocycles. The van der Waals surface area contributed by atoms with Crippen LogP contribution in [-0.4, -0.2) is 25.8 Å². The molecule has 6 nitrogen and oxygen atoms in total. The molecule has 0 saturated heterocycles. The van der Waals surface area contributed by atoms with Crippen molar-refractivity contribution in [2.24, 2.45) is 7.05 Å². The van der Waals surface area contributed by atoms with E-state index in [0.29, 0.717) is 23.5 Å². The van der Waals surface area contributed by atoms with Crippen LogP contribution in [0, 0.1) is 6.92 Å². The maximum atomic E-state index is 11.9. The van der Waals surface area contributed by atoms with Gasteiger partial charge in [-0.05, 0) is 30.7 Å². The summed E-state index contributed by atoms with van der Waals surface area (Å²) >= 11 is 0. The summed E-state index contributed by atoms with van der Waals surface area (Å²) in [4.78, 5) is 11.9. The monoisotopic (exact) mass is 246 g/mol. The van der Waals surface area contributed by atoms with E-state index in [1.54, 1.807) is 30.0 Å². The van der Waals surface area contributed by atoms with E-state index in [1.807, 2.05) is 7.05 Å². The van der Waals surface area contributed by atoms with Gasteiger partial charge in [0, 0.05) is 12.6 Å². The first-order chi connectivity index (χ1) is 8.58. The van der Waals surface area contributed by atoms with E-state index in [-0.39, 0.29) is 11.7 Å². The van der Waals surface area contributed by atoms with Gasteiger partial charge < -0.3 is 15.0 Å². The number of hydrogen-bond donors (Lipinski definition) is 2. The summed E-state index contributed by atoms with van der Waals surface area (Å²) in [7, 11) is 1.81. The molecular formula is C12H14N4O2. The molecule has 0 radical (unpaired) electrons. The van der Waals surface area contributed by atoms with Gasteiger partial charge in [-0.2, -0.15) is 0 Å². The van der Waals surface area contributed by atoms with Gasteiger partial charge in [0.15, 0.2) is 5.82 Å². The molecule has 0 aliphatic carbocycles. The third-order valence-electron chi connectivity index (χ3n) is 2.67. The number of carbonyl (C=O) groups excluding carboxylic acids is 1. The Labute approximate surface area is 104 Å². The quantitative estimate of drug-likeness (QED) is 0.837. The Bertz CT molecular complexity index is 577. The van der Waals surface area contributed by atoms with Crippen molar-refractivity contribution in [3.8, 4) is 5.75 Å². The Balaban J connectivity index is 2.04. The van der Waals surface area contributed by atoms with Gasteiger partial charge in [0.25, 0.3) is 5.91 Å². The highest BCUT2D eigenvalue weighted by atomic mass is 16.3. The van der Waals surface area contributed by atoms with Gasteiger partial charge in [0.2, 0.25) is 0 Å². The molecule has 0 aliphatic heterocycles. The predicted molar refractivity (Wildman–Crippen MR) is 65.0 cm³/mol. The van der Waals surface area contributed by atoms with Crippen molar-refractivity contribution in [1.29, 1.82) is 0 Å². The Kier molecular flexibility index (Phi) is 3.27. The van der Waals surface area contributed by atoms with Crippen molar-refractivity contribution in [2.75, 3.05) is 0 Å².